The largest absolute Gasteiger partial charge is 0.461 e. The van der Waals surface area contributed by atoms with Gasteiger partial charge in [-0.3, -0.25) is 28.8 Å². The molecule has 0 aromatic heterocycles. The zero-order valence-corrected chi connectivity index (χ0v) is 30.5. The predicted octanol–water partition coefficient (Wildman–Crippen LogP) is 1.16. The van der Waals surface area contributed by atoms with E-state index in [-0.39, 0.29) is 19.0 Å². The lowest BCUT2D eigenvalue weighted by Crippen LogP contribution is -2.61. The van der Waals surface area contributed by atoms with Crippen molar-refractivity contribution >= 4 is 41.4 Å². The molecule has 3 aliphatic heterocycles. The third kappa shape index (κ3) is 9.55. The fourth-order valence-corrected chi connectivity index (χ4v) is 6.84. The Morgan fingerprint density at radius 3 is 2.44 bits per heavy atom. The van der Waals surface area contributed by atoms with Crippen molar-refractivity contribution in [3.05, 3.63) is 65.9 Å². The van der Waals surface area contributed by atoms with E-state index in [1.807, 2.05) is 13.0 Å². The number of amides is 6. The molecule has 0 radical (unpaired) electrons. The zero-order valence-electron chi connectivity index (χ0n) is 30.5. The Labute approximate surface area is 304 Å². The minimum Gasteiger partial charge on any atom is -0.461 e. The third-order valence-electron chi connectivity index (χ3n) is 9.89. The van der Waals surface area contributed by atoms with Gasteiger partial charge >= 0.3 is 5.97 Å². The van der Waals surface area contributed by atoms with E-state index in [1.54, 1.807) is 43.3 Å². The fourth-order valence-electron chi connectivity index (χ4n) is 6.84. The molecule has 0 bridgehead atoms. The van der Waals surface area contributed by atoms with Crippen LogP contribution in [0.1, 0.15) is 65.4 Å². The zero-order chi connectivity index (χ0) is 37.9. The molecule has 52 heavy (non-hydrogen) atoms. The number of carbonyl (C=O) groups excluding carboxylic acids is 7. The van der Waals surface area contributed by atoms with Crippen molar-refractivity contribution in [2.45, 2.75) is 109 Å². The molecule has 4 rings (SSSR count). The second-order valence-electron chi connectivity index (χ2n) is 13.4. The van der Waals surface area contributed by atoms with Gasteiger partial charge in [0.25, 0.3) is 0 Å². The van der Waals surface area contributed by atoms with Gasteiger partial charge in [0.15, 0.2) is 0 Å². The molecule has 0 saturated carbocycles. The van der Waals surface area contributed by atoms with E-state index in [1.165, 1.54) is 47.7 Å². The standard InChI is InChI=1S/C38H50N6O8/c1-6-8-9-13-18-32(45)40-28(22-26-15-11-10-12-16-26)34(47)41-29-23-52-38(51)31-17-14-21-43(31)35(48)24(3)39-33(46)25(4)42(5)37(50)30-20-19-27(7-2)44(30)36(29)49/h6,9-13,15-16,18,24-25,27-31H,7,14,17,19-23H2,1-5H3,(H,39,46)(H,40,45)(H,41,47). The minimum atomic E-state index is -1.44. The van der Waals surface area contributed by atoms with Crippen molar-refractivity contribution < 1.29 is 38.3 Å². The first kappa shape index (κ1) is 39.6. The lowest BCUT2D eigenvalue weighted by Gasteiger charge is -2.36. The highest BCUT2D eigenvalue weighted by atomic mass is 16.5. The van der Waals surface area contributed by atoms with Gasteiger partial charge in [-0.25, -0.2) is 4.79 Å². The summed E-state index contributed by atoms with van der Waals surface area (Å²) in [6, 6.07) is 2.21. The number of nitrogens with zero attached hydrogens (tertiary/aromatic N) is 3. The number of carbonyl (C=O) groups is 7. The molecule has 1 aromatic rings. The van der Waals surface area contributed by atoms with Crippen molar-refractivity contribution in [2.75, 3.05) is 20.2 Å². The van der Waals surface area contributed by atoms with Crippen molar-refractivity contribution in [1.82, 2.24) is 30.7 Å². The van der Waals surface area contributed by atoms with Gasteiger partial charge in [-0.15, -0.1) is 5.73 Å². The molecule has 14 nitrogen and oxygen atoms in total. The number of fused-ring (bicyclic) bond motifs is 2. The van der Waals surface area contributed by atoms with Gasteiger partial charge in [0, 0.05) is 32.1 Å². The first-order valence-corrected chi connectivity index (χ1v) is 17.9. The second kappa shape index (κ2) is 18.3. The average molecular weight is 719 g/mol. The summed E-state index contributed by atoms with van der Waals surface area (Å²) in [6.45, 7) is 6.41. The number of ether oxygens (including phenoxy) is 1. The number of nitrogens with one attached hydrogen (secondary N) is 3. The van der Waals surface area contributed by atoms with Crippen LogP contribution in [-0.4, -0.2) is 119 Å². The summed E-state index contributed by atoms with van der Waals surface area (Å²) in [5, 5.41) is 8.11. The summed E-state index contributed by atoms with van der Waals surface area (Å²) in [4.78, 5) is 99.7. The van der Waals surface area contributed by atoms with E-state index in [2.05, 4.69) is 21.7 Å². The van der Waals surface area contributed by atoms with Crippen LogP contribution in [0.4, 0.5) is 0 Å². The third-order valence-corrected chi connectivity index (χ3v) is 9.89. The Bertz CT molecular complexity index is 1610. The molecule has 280 valence electrons. The summed E-state index contributed by atoms with van der Waals surface area (Å²) in [7, 11) is 1.47. The van der Waals surface area contributed by atoms with Gasteiger partial charge in [-0.2, -0.15) is 0 Å². The SMILES string of the molecule is CC=C=CC=CC(=O)NC(Cc1ccccc1)C(=O)NC1COC(=O)C2CCCN2C(=O)C(C)NC(=O)C(C)N(C)C(=O)C2CCC(CC)N2C1=O. The topological polar surface area (TPSA) is 175 Å². The monoisotopic (exact) mass is 718 g/mol. The molecule has 7 atom stereocenters. The molecule has 3 fully saturated rings. The summed E-state index contributed by atoms with van der Waals surface area (Å²) in [6.07, 6.45) is 8.18. The van der Waals surface area contributed by atoms with Crippen molar-refractivity contribution in [2.24, 2.45) is 0 Å². The van der Waals surface area contributed by atoms with Gasteiger partial charge in [0.2, 0.25) is 35.4 Å². The van der Waals surface area contributed by atoms with E-state index in [4.69, 9.17) is 4.74 Å². The highest BCUT2D eigenvalue weighted by Crippen LogP contribution is 2.29. The summed E-state index contributed by atoms with van der Waals surface area (Å²) >= 11 is 0. The minimum absolute atomic E-state index is 0.0855. The summed E-state index contributed by atoms with van der Waals surface area (Å²) in [5.41, 5.74) is 3.58. The molecule has 7 unspecified atom stereocenters. The summed E-state index contributed by atoms with van der Waals surface area (Å²) in [5.74, 6) is -4.19. The van der Waals surface area contributed by atoms with Gasteiger partial charge in [0.1, 0.15) is 42.9 Å². The van der Waals surface area contributed by atoms with Gasteiger partial charge < -0.3 is 35.4 Å². The lowest BCUT2D eigenvalue weighted by atomic mass is 10.0. The number of cyclic esters (lactones) is 1. The molecular formula is C38H50N6O8. The van der Waals surface area contributed by atoms with E-state index < -0.39 is 84.3 Å². The van der Waals surface area contributed by atoms with Crippen LogP contribution >= 0.6 is 0 Å². The molecule has 1 aromatic carbocycles. The number of hydrogen-bond donors (Lipinski definition) is 3. The van der Waals surface area contributed by atoms with Crippen LogP contribution in [0, 0.1) is 0 Å². The van der Waals surface area contributed by atoms with Gasteiger partial charge in [-0.05, 0) is 76.7 Å². The molecule has 3 aliphatic rings. The molecule has 3 heterocycles. The van der Waals surface area contributed by atoms with Crippen LogP contribution < -0.4 is 16.0 Å². The summed E-state index contributed by atoms with van der Waals surface area (Å²) < 4.78 is 5.69. The van der Waals surface area contributed by atoms with Crippen LogP contribution in [0.3, 0.4) is 0 Å². The molecule has 3 N–H and O–H groups in total. The van der Waals surface area contributed by atoms with Gasteiger partial charge in [-0.1, -0.05) is 37.3 Å². The molecule has 6 amide bonds. The average Bonchev–Trinajstić information content (AvgIpc) is 3.81. The van der Waals surface area contributed by atoms with Crippen molar-refractivity contribution in [3.63, 3.8) is 0 Å². The van der Waals surface area contributed by atoms with Gasteiger partial charge in [0.05, 0.1) is 0 Å². The molecule has 14 heteroatoms. The van der Waals surface area contributed by atoms with Crippen LogP contribution in [-0.2, 0) is 44.7 Å². The van der Waals surface area contributed by atoms with E-state index in [0.717, 1.165) is 5.56 Å². The highest BCUT2D eigenvalue weighted by molar-refractivity contribution is 5.98. The molecule has 0 spiro atoms. The Hall–Kier alpha value is -5.23. The second-order valence-corrected chi connectivity index (χ2v) is 13.4. The van der Waals surface area contributed by atoms with Crippen LogP contribution in [0.2, 0.25) is 0 Å². The van der Waals surface area contributed by atoms with E-state index in [9.17, 15) is 33.6 Å². The number of esters is 1. The Morgan fingerprint density at radius 1 is 1.02 bits per heavy atom. The lowest BCUT2D eigenvalue weighted by molar-refractivity contribution is -0.158. The number of benzene rings is 1. The Balaban J connectivity index is 1.70. The van der Waals surface area contributed by atoms with Crippen LogP contribution in [0.25, 0.3) is 0 Å². The maximum atomic E-state index is 14.6. The fraction of sp³-hybridized carbons (Fsp3) is 0.526. The molecule has 0 aliphatic carbocycles. The van der Waals surface area contributed by atoms with E-state index in [0.29, 0.717) is 32.1 Å². The normalized spacial score (nSPS) is 26.6. The van der Waals surface area contributed by atoms with E-state index >= 15 is 0 Å². The van der Waals surface area contributed by atoms with Crippen molar-refractivity contribution in [3.8, 4) is 0 Å². The van der Waals surface area contributed by atoms with Crippen LogP contribution in [0.15, 0.2) is 60.4 Å². The number of hydrogen-bond acceptors (Lipinski definition) is 8. The molecule has 3 saturated heterocycles. The smallest absolute Gasteiger partial charge is 0.328 e. The number of allylic oxidation sites excluding steroid dienone is 2. The number of rotatable bonds is 8. The molecular weight excluding hydrogens is 668 g/mol. The first-order chi connectivity index (χ1) is 24.9. The van der Waals surface area contributed by atoms with Crippen LogP contribution in [0.5, 0.6) is 0 Å². The maximum absolute atomic E-state index is 14.6. The Kier molecular flexibility index (Phi) is 13.9. The Morgan fingerprint density at radius 2 is 1.75 bits per heavy atom. The first-order valence-electron chi connectivity index (χ1n) is 17.9. The number of likely N-dealkylation sites (N-methyl/N-ethyl adjacent to an activating group) is 1. The maximum Gasteiger partial charge on any atom is 0.328 e. The predicted molar refractivity (Wildman–Crippen MR) is 191 cm³/mol. The van der Waals surface area contributed by atoms with Crippen molar-refractivity contribution in [1.29, 1.82) is 0 Å². The highest BCUT2D eigenvalue weighted by Gasteiger charge is 2.46. The quantitative estimate of drug-likeness (QED) is 0.155.